The zero-order chi connectivity index (χ0) is 16.1. The summed E-state index contributed by atoms with van der Waals surface area (Å²) in [7, 11) is 1.50. The van der Waals surface area contributed by atoms with Crippen molar-refractivity contribution < 1.29 is 19.1 Å². The molecule has 0 N–H and O–H groups in total. The summed E-state index contributed by atoms with van der Waals surface area (Å²) >= 11 is 0. The Labute approximate surface area is 130 Å². The number of rotatable bonds is 4. The van der Waals surface area contributed by atoms with Crippen LogP contribution in [0.5, 0.6) is 5.75 Å². The predicted octanol–water partition coefficient (Wildman–Crippen LogP) is 1.96. The fraction of sp³-hybridized carbons (Fsp3) is 0.562. The topological polar surface area (TPSA) is 68.7 Å². The Balaban J connectivity index is 2.29. The molecule has 1 aliphatic heterocycles. The molecule has 1 saturated heterocycles. The van der Waals surface area contributed by atoms with Crippen LogP contribution in [-0.4, -0.2) is 48.1 Å². The molecule has 1 unspecified atom stereocenters. The molecule has 0 bridgehead atoms. The Morgan fingerprint density at radius 3 is 2.86 bits per heavy atom. The van der Waals surface area contributed by atoms with Gasteiger partial charge in [0, 0.05) is 12.2 Å². The molecule has 6 nitrogen and oxygen atoms in total. The minimum absolute atomic E-state index is 0.208. The lowest BCUT2D eigenvalue weighted by Gasteiger charge is -2.34. The average molecular weight is 306 g/mol. The van der Waals surface area contributed by atoms with Gasteiger partial charge in [0.1, 0.15) is 11.8 Å². The summed E-state index contributed by atoms with van der Waals surface area (Å²) in [6, 6.07) is 1.18. The number of nitrogens with zero attached hydrogens (tertiary/aromatic N) is 2. The van der Waals surface area contributed by atoms with Crippen molar-refractivity contribution in [3.63, 3.8) is 0 Å². The van der Waals surface area contributed by atoms with E-state index >= 15 is 0 Å². The number of aromatic nitrogens is 1. The number of methoxy groups -OCH3 is 1. The molecular formula is C16H22N2O4. The van der Waals surface area contributed by atoms with Gasteiger partial charge in [-0.25, -0.2) is 4.79 Å². The Hall–Kier alpha value is -2.11. The molecular weight excluding hydrogens is 284 g/mol. The predicted molar refractivity (Wildman–Crippen MR) is 80.8 cm³/mol. The summed E-state index contributed by atoms with van der Waals surface area (Å²) in [4.78, 5) is 30.7. The number of pyridine rings is 1. The van der Waals surface area contributed by atoms with Crippen LogP contribution in [0.4, 0.5) is 0 Å². The summed E-state index contributed by atoms with van der Waals surface area (Å²) in [5.41, 5.74) is 1.17. The van der Waals surface area contributed by atoms with Crippen LogP contribution < -0.4 is 4.74 Å². The molecule has 1 atom stereocenters. The van der Waals surface area contributed by atoms with Gasteiger partial charge in [0.25, 0.3) is 5.91 Å². The quantitative estimate of drug-likeness (QED) is 0.795. The van der Waals surface area contributed by atoms with Gasteiger partial charge in [-0.3, -0.25) is 9.78 Å². The Morgan fingerprint density at radius 2 is 2.18 bits per heavy atom. The third kappa shape index (κ3) is 3.37. The minimum Gasteiger partial charge on any atom is -0.494 e. The van der Waals surface area contributed by atoms with Gasteiger partial charge in [0.2, 0.25) is 0 Å². The number of carbonyl (C=O) groups is 2. The van der Waals surface area contributed by atoms with Crippen LogP contribution in [0.3, 0.4) is 0 Å². The van der Waals surface area contributed by atoms with Crippen LogP contribution >= 0.6 is 0 Å². The number of likely N-dealkylation sites (tertiary alicyclic amines) is 1. The van der Waals surface area contributed by atoms with Gasteiger partial charge in [-0.15, -0.1) is 0 Å². The number of amides is 1. The standard InChI is InChI=1S/C16H22N2O4/c1-4-22-16(20)13-7-5-6-8-18(13)15(19)12-9-11(2)17-10-14(12)21-3/h9-10,13H,4-8H2,1-3H3. The van der Waals surface area contributed by atoms with Crippen molar-refractivity contribution in [2.24, 2.45) is 0 Å². The van der Waals surface area contributed by atoms with Gasteiger partial charge in [-0.2, -0.15) is 0 Å². The van der Waals surface area contributed by atoms with E-state index in [1.54, 1.807) is 17.9 Å². The van der Waals surface area contributed by atoms with E-state index in [2.05, 4.69) is 4.98 Å². The molecule has 0 aliphatic carbocycles. The molecule has 1 fully saturated rings. The Morgan fingerprint density at radius 1 is 1.41 bits per heavy atom. The molecule has 1 aliphatic rings. The number of esters is 1. The third-order valence-electron chi connectivity index (χ3n) is 3.78. The van der Waals surface area contributed by atoms with E-state index < -0.39 is 6.04 Å². The summed E-state index contributed by atoms with van der Waals surface area (Å²) in [6.07, 6.45) is 3.97. The molecule has 1 aromatic rings. The third-order valence-corrected chi connectivity index (χ3v) is 3.78. The fourth-order valence-electron chi connectivity index (χ4n) is 2.69. The van der Waals surface area contributed by atoms with Crippen molar-refractivity contribution >= 4 is 11.9 Å². The summed E-state index contributed by atoms with van der Waals surface area (Å²) in [5.74, 6) is -0.121. The van der Waals surface area contributed by atoms with Gasteiger partial charge >= 0.3 is 5.97 Å². The van der Waals surface area contributed by atoms with Crippen molar-refractivity contribution in [2.45, 2.75) is 39.2 Å². The van der Waals surface area contributed by atoms with E-state index in [1.807, 2.05) is 6.92 Å². The van der Waals surface area contributed by atoms with Crippen LogP contribution in [-0.2, 0) is 9.53 Å². The second-order valence-electron chi connectivity index (χ2n) is 5.29. The number of carbonyl (C=O) groups excluding carboxylic acids is 2. The first-order chi connectivity index (χ1) is 10.6. The van der Waals surface area contributed by atoms with E-state index in [9.17, 15) is 9.59 Å². The highest BCUT2D eigenvalue weighted by atomic mass is 16.5. The van der Waals surface area contributed by atoms with Gasteiger partial charge < -0.3 is 14.4 Å². The smallest absolute Gasteiger partial charge is 0.328 e. The van der Waals surface area contributed by atoms with Gasteiger partial charge in [-0.1, -0.05) is 0 Å². The summed E-state index contributed by atoms with van der Waals surface area (Å²) in [5, 5.41) is 0. The number of ether oxygens (including phenoxy) is 2. The fourth-order valence-corrected chi connectivity index (χ4v) is 2.69. The van der Waals surface area contributed by atoms with Crippen molar-refractivity contribution in [1.82, 2.24) is 9.88 Å². The van der Waals surface area contributed by atoms with Crippen molar-refractivity contribution in [2.75, 3.05) is 20.3 Å². The van der Waals surface area contributed by atoms with Crippen LogP contribution in [0.2, 0.25) is 0 Å². The second kappa shape index (κ2) is 7.24. The number of hydrogen-bond acceptors (Lipinski definition) is 5. The van der Waals surface area contributed by atoms with E-state index in [0.717, 1.165) is 18.5 Å². The van der Waals surface area contributed by atoms with E-state index in [0.29, 0.717) is 30.9 Å². The first-order valence-electron chi connectivity index (χ1n) is 7.56. The summed E-state index contributed by atoms with van der Waals surface area (Å²) < 4.78 is 10.3. The van der Waals surface area contributed by atoms with Crippen molar-refractivity contribution in [1.29, 1.82) is 0 Å². The average Bonchev–Trinajstić information content (AvgIpc) is 2.54. The molecule has 0 radical (unpaired) electrons. The molecule has 1 amide bonds. The van der Waals surface area contributed by atoms with E-state index in [4.69, 9.17) is 9.47 Å². The molecule has 0 saturated carbocycles. The van der Waals surface area contributed by atoms with Crippen molar-refractivity contribution in [3.05, 3.63) is 23.5 Å². The Kier molecular flexibility index (Phi) is 5.35. The molecule has 22 heavy (non-hydrogen) atoms. The largest absolute Gasteiger partial charge is 0.494 e. The van der Waals surface area contributed by atoms with Crippen molar-refractivity contribution in [3.8, 4) is 5.75 Å². The molecule has 6 heteroatoms. The lowest BCUT2D eigenvalue weighted by atomic mass is 10.0. The highest BCUT2D eigenvalue weighted by molar-refractivity contribution is 5.99. The number of aryl methyl sites for hydroxylation is 1. The van der Waals surface area contributed by atoms with Crippen LogP contribution in [0.15, 0.2) is 12.3 Å². The zero-order valence-corrected chi connectivity index (χ0v) is 13.3. The zero-order valence-electron chi connectivity index (χ0n) is 13.3. The Bertz CT molecular complexity index is 559. The normalized spacial score (nSPS) is 18.0. The van der Waals surface area contributed by atoms with Gasteiger partial charge in [0.15, 0.2) is 0 Å². The van der Waals surface area contributed by atoms with Gasteiger partial charge in [-0.05, 0) is 39.2 Å². The maximum Gasteiger partial charge on any atom is 0.328 e. The molecule has 2 rings (SSSR count). The van der Waals surface area contributed by atoms with Gasteiger partial charge in [0.05, 0.1) is 25.5 Å². The maximum atomic E-state index is 12.9. The molecule has 1 aromatic heterocycles. The lowest BCUT2D eigenvalue weighted by molar-refractivity contribution is -0.149. The maximum absolute atomic E-state index is 12.9. The van der Waals surface area contributed by atoms with E-state index in [1.165, 1.54) is 13.3 Å². The SMILES string of the molecule is CCOC(=O)C1CCCCN1C(=O)c1cc(C)ncc1OC. The molecule has 0 spiro atoms. The molecule has 120 valence electrons. The highest BCUT2D eigenvalue weighted by Crippen LogP contribution is 2.25. The molecule has 0 aromatic carbocycles. The van der Waals surface area contributed by atoms with Crippen LogP contribution in [0, 0.1) is 6.92 Å². The van der Waals surface area contributed by atoms with Crippen LogP contribution in [0.1, 0.15) is 42.2 Å². The molecule has 2 heterocycles. The lowest BCUT2D eigenvalue weighted by Crippen LogP contribution is -2.48. The minimum atomic E-state index is -0.514. The first kappa shape index (κ1) is 16.3. The summed E-state index contributed by atoms with van der Waals surface area (Å²) in [6.45, 7) is 4.44. The van der Waals surface area contributed by atoms with E-state index in [-0.39, 0.29) is 11.9 Å². The second-order valence-corrected chi connectivity index (χ2v) is 5.29. The number of hydrogen-bond donors (Lipinski definition) is 0. The monoisotopic (exact) mass is 306 g/mol. The van der Waals surface area contributed by atoms with Crippen LogP contribution in [0.25, 0.3) is 0 Å². The highest BCUT2D eigenvalue weighted by Gasteiger charge is 2.34. The first-order valence-corrected chi connectivity index (χ1v) is 7.56. The number of piperidine rings is 1.